The van der Waals surface area contributed by atoms with Crippen LogP contribution in [0.3, 0.4) is 0 Å². The number of imidazole rings is 1. The van der Waals surface area contributed by atoms with Crippen molar-refractivity contribution >= 4 is 28.3 Å². The SMILES string of the molecule is CCc1cn2cc(/C=C/C(=O)O)sc2n1. The summed E-state index contributed by atoms with van der Waals surface area (Å²) in [6.07, 6.45) is 7.46. The molecule has 0 saturated heterocycles. The van der Waals surface area contributed by atoms with Crippen molar-refractivity contribution in [1.29, 1.82) is 0 Å². The van der Waals surface area contributed by atoms with Crippen LogP contribution >= 0.6 is 11.3 Å². The Morgan fingerprint density at radius 2 is 2.47 bits per heavy atom. The molecule has 0 aliphatic carbocycles. The molecule has 2 heterocycles. The number of carboxylic acid groups (broad SMARTS) is 1. The van der Waals surface area contributed by atoms with Crippen molar-refractivity contribution in [2.75, 3.05) is 0 Å². The highest BCUT2D eigenvalue weighted by Gasteiger charge is 2.03. The third kappa shape index (κ3) is 2.07. The lowest BCUT2D eigenvalue weighted by Crippen LogP contribution is -1.84. The van der Waals surface area contributed by atoms with Crippen molar-refractivity contribution in [2.24, 2.45) is 0 Å². The summed E-state index contributed by atoms with van der Waals surface area (Å²) in [7, 11) is 0. The van der Waals surface area contributed by atoms with Gasteiger partial charge in [0, 0.05) is 23.3 Å². The molecule has 0 aliphatic heterocycles. The second kappa shape index (κ2) is 3.86. The van der Waals surface area contributed by atoms with E-state index in [4.69, 9.17) is 5.11 Å². The van der Waals surface area contributed by atoms with Gasteiger partial charge in [-0.1, -0.05) is 18.3 Å². The van der Waals surface area contributed by atoms with Crippen LogP contribution in [-0.4, -0.2) is 20.5 Å². The quantitative estimate of drug-likeness (QED) is 0.809. The first kappa shape index (κ1) is 9.92. The number of aryl methyl sites for hydroxylation is 1. The summed E-state index contributed by atoms with van der Waals surface area (Å²) >= 11 is 1.48. The first-order valence-electron chi connectivity index (χ1n) is 4.57. The second-order valence-electron chi connectivity index (χ2n) is 3.08. The molecule has 0 fully saturated rings. The van der Waals surface area contributed by atoms with Gasteiger partial charge in [-0.05, 0) is 12.5 Å². The van der Waals surface area contributed by atoms with Gasteiger partial charge in [0.15, 0.2) is 4.96 Å². The van der Waals surface area contributed by atoms with Crippen molar-refractivity contribution in [2.45, 2.75) is 13.3 Å². The van der Waals surface area contributed by atoms with E-state index in [1.54, 1.807) is 6.08 Å². The largest absolute Gasteiger partial charge is 0.478 e. The van der Waals surface area contributed by atoms with Gasteiger partial charge >= 0.3 is 5.97 Å². The number of aliphatic carboxylic acids is 1. The van der Waals surface area contributed by atoms with E-state index < -0.39 is 5.97 Å². The van der Waals surface area contributed by atoms with Crippen LogP contribution in [-0.2, 0) is 11.2 Å². The number of rotatable bonds is 3. The minimum atomic E-state index is -0.935. The zero-order valence-electron chi connectivity index (χ0n) is 8.17. The molecule has 0 spiro atoms. The lowest BCUT2D eigenvalue weighted by molar-refractivity contribution is -0.131. The fourth-order valence-electron chi connectivity index (χ4n) is 1.26. The summed E-state index contributed by atoms with van der Waals surface area (Å²) in [5, 5.41) is 8.48. The van der Waals surface area contributed by atoms with E-state index in [0.29, 0.717) is 0 Å². The topological polar surface area (TPSA) is 54.6 Å². The third-order valence-electron chi connectivity index (χ3n) is 1.98. The van der Waals surface area contributed by atoms with Crippen LogP contribution < -0.4 is 0 Å². The molecule has 2 aromatic rings. The van der Waals surface area contributed by atoms with Gasteiger partial charge in [0.25, 0.3) is 0 Å². The summed E-state index contributed by atoms with van der Waals surface area (Å²) in [6.45, 7) is 2.05. The summed E-state index contributed by atoms with van der Waals surface area (Å²) < 4.78 is 1.92. The van der Waals surface area contributed by atoms with Crippen LogP contribution in [0.15, 0.2) is 18.5 Å². The number of carboxylic acids is 1. The molecule has 0 unspecified atom stereocenters. The van der Waals surface area contributed by atoms with E-state index in [1.807, 2.05) is 16.8 Å². The molecule has 2 rings (SSSR count). The lowest BCUT2D eigenvalue weighted by Gasteiger charge is -1.83. The molecule has 0 bridgehead atoms. The highest BCUT2D eigenvalue weighted by atomic mass is 32.1. The van der Waals surface area contributed by atoms with Crippen LogP contribution in [0, 0.1) is 0 Å². The normalized spacial score (nSPS) is 11.5. The number of fused-ring (bicyclic) bond motifs is 1. The van der Waals surface area contributed by atoms with Gasteiger partial charge in [0.05, 0.1) is 5.69 Å². The van der Waals surface area contributed by atoms with Crippen molar-refractivity contribution in [3.63, 3.8) is 0 Å². The number of hydrogen-bond acceptors (Lipinski definition) is 3. The molecule has 0 aliphatic rings. The Kier molecular flexibility index (Phi) is 2.55. The van der Waals surface area contributed by atoms with Crippen molar-refractivity contribution in [1.82, 2.24) is 9.38 Å². The van der Waals surface area contributed by atoms with E-state index in [-0.39, 0.29) is 0 Å². The zero-order valence-corrected chi connectivity index (χ0v) is 8.99. The Bertz CT molecular complexity index is 493. The molecule has 2 aromatic heterocycles. The average molecular weight is 222 g/mol. The Morgan fingerprint density at radius 3 is 3.07 bits per heavy atom. The standard InChI is InChI=1S/C10H10N2O2S/c1-2-7-5-12-6-8(3-4-9(13)14)15-10(12)11-7/h3-6H,2H2,1H3,(H,13,14)/b4-3+. The summed E-state index contributed by atoms with van der Waals surface area (Å²) in [4.78, 5) is 16.5. The van der Waals surface area contributed by atoms with Gasteiger partial charge < -0.3 is 5.11 Å². The number of carbonyl (C=O) groups is 1. The smallest absolute Gasteiger partial charge is 0.328 e. The van der Waals surface area contributed by atoms with Gasteiger partial charge in [-0.3, -0.25) is 4.40 Å². The maximum Gasteiger partial charge on any atom is 0.328 e. The van der Waals surface area contributed by atoms with Gasteiger partial charge in [-0.15, -0.1) is 0 Å². The van der Waals surface area contributed by atoms with Crippen molar-refractivity contribution in [3.05, 3.63) is 29.0 Å². The van der Waals surface area contributed by atoms with Crippen molar-refractivity contribution in [3.8, 4) is 0 Å². The Balaban J connectivity index is 2.32. The molecule has 1 N–H and O–H groups in total. The molecule has 0 radical (unpaired) electrons. The van der Waals surface area contributed by atoms with Crippen LogP contribution in [0.4, 0.5) is 0 Å². The van der Waals surface area contributed by atoms with Crippen LogP contribution in [0.25, 0.3) is 11.0 Å². The van der Waals surface area contributed by atoms with Gasteiger partial charge in [-0.2, -0.15) is 0 Å². The summed E-state index contributed by atoms with van der Waals surface area (Å²) in [6, 6.07) is 0. The minimum Gasteiger partial charge on any atom is -0.478 e. The molecule has 78 valence electrons. The molecular weight excluding hydrogens is 212 g/mol. The van der Waals surface area contributed by atoms with Gasteiger partial charge in [-0.25, -0.2) is 9.78 Å². The second-order valence-corrected chi connectivity index (χ2v) is 4.12. The third-order valence-corrected chi connectivity index (χ3v) is 2.94. The first-order chi connectivity index (χ1) is 7.19. The summed E-state index contributed by atoms with van der Waals surface area (Å²) in [5.74, 6) is -0.935. The number of nitrogens with zero attached hydrogens (tertiary/aromatic N) is 2. The molecule has 5 heteroatoms. The van der Waals surface area contributed by atoms with E-state index in [9.17, 15) is 4.79 Å². The monoisotopic (exact) mass is 222 g/mol. The van der Waals surface area contributed by atoms with E-state index in [0.717, 1.165) is 28.0 Å². The predicted octanol–water partition coefficient (Wildman–Crippen LogP) is 2.06. The highest BCUT2D eigenvalue weighted by molar-refractivity contribution is 7.17. The molecule has 4 nitrogen and oxygen atoms in total. The van der Waals surface area contributed by atoms with E-state index >= 15 is 0 Å². The Hall–Kier alpha value is -1.62. The number of thiazole rings is 1. The Morgan fingerprint density at radius 1 is 1.67 bits per heavy atom. The molecule has 0 saturated carbocycles. The maximum atomic E-state index is 10.3. The molecule has 0 atom stereocenters. The van der Waals surface area contributed by atoms with Gasteiger partial charge in [0.2, 0.25) is 0 Å². The Labute approximate surface area is 90.5 Å². The minimum absolute atomic E-state index is 0.891. The fraction of sp³-hybridized carbons (Fsp3) is 0.200. The highest BCUT2D eigenvalue weighted by Crippen LogP contribution is 2.19. The number of hydrogen-bond donors (Lipinski definition) is 1. The zero-order chi connectivity index (χ0) is 10.8. The average Bonchev–Trinajstić information content (AvgIpc) is 2.70. The predicted molar refractivity (Wildman–Crippen MR) is 59.1 cm³/mol. The molecule has 0 amide bonds. The fourth-order valence-corrected chi connectivity index (χ4v) is 2.15. The van der Waals surface area contributed by atoms with Crippen molar-refractivity contribution < 1.29 is 9.90 Å². The summed E-state index contributed by atoms with van der Waals surface area (Å²) in [5.41, 5.74) is 1.05. The molecule has 0 aromatic carbocycles. The van der Waals surface area contributed by atoms with Crippen LogP contribution in [0.2, 0.25) is 0 Å². The molecular formula is C10H10N2O2S. The lowest BCUT2D eigenvalue weighted by atomic mass is 10.4. The van der Waals surface area contributed by atoms with E-state index in [1.165, 1.54) is 11.3 Å². The number of aromatic nitrogens is 2. The maximum absolute atomic E-state index is 10.3. The van der Waals surface area contributed by atoms with Crippen LogP contribution in [0.5, 0.6) is 0 Å². The molecule has 15 heavy (non-hydrogen) atoms. The van der Waals surface area contributed by atoms with E-state index in [2.05, 4.69) is 11.9 Å². The van der Waals surface area contributed by atoms with Gasteiger partial charge in [0.1, 0.15) is 0 Å². The first-order valence-corrected chi connectivity index (χ1v) is 5.39. The van der Waals surface area contributed by atoms with Crippen LogP contribution in [0.1, 0.15) is 17.5 Å².